The number of halogens is 2. The van der Waals surface area contributed by atoms with E-state index in [-0.39, 0.29) is 31.0 Å². The van der Waals surface area contributed by atoms with Crippen LogP contribution in [0.1, 0.15) is 25.0 Å². The van der Waals surface area contributed by atoms with Crippen LogP contribution in [0.25, 0.3) is 22.8 Å². The Kier molecular flexibility index (Phi) is 8.63. The van der Waals surface area contributed by atoms with Crippen molar-refractivity contribution < 1.29 is 14.4 Å². The van der Waals surface area contributed by atoms with Gasteiger partial charge in [-0.2, -0.15) is 10.2 Å². The first kappa shape index (κ1) is 23.6. The quantitative estimate of drug-likeness (QED) is 0.496. The molecule has 0 fully saturated rings. The van der Waals surface area contributed by atoms with E-state index < -0.39 is 0 Å². The molecule has 0 atom stereocenters. The summed E-state index contributed by atoms with van der Waals surface area (Å²) in [6.45, 7) is 4.99. The lowest BCUT2D eigenvalue weighted by molar-refractivity contribution is 0.241. The van der Waals surface area contributed by atoms with Gasteiger partial charge in [-0.15, -0.1) is 12.4 Å². The summed E-state index contributed by atoms with van der Waals surface area (Å²) in [7, 11) is 0. The largest absolute Gasteiger partial charge is 0.490 e. The number of nitrogens with zero attached hydrogens (tertiary/aromatic N) is 3. The van der Waals surface area contributed by atoms with Crippen LogP contribution < -0.4 is 10.1 Å². The first-order chi connectivity index (χ1) is 14.0. The average Bonchev–Trinajstić information content (AvgIpc) is 3.18. The Morgan fingerprint density at radius 2 is 2.07 bits per heavy atom. The zero-order chi connectivity index (χ0) is 20.8. The molecule has 2 aromatic carbocycles. The van der Waals surface area contributed by atoms with Crippen LogP contribution in [0.5, 0.6) is 5.75 Å². The van der Waals surface area contributed by atoms with Crippen LogP contribution in [-0.4, -0.2) is 34.5 Å². The minimum absolute atomic E-state index is 0. The first-order valence-corrected chi connectivity index (χ1v) is 9.55. The van der Waals surface area contributed by atoms with Crippen LogP contribution in [0, 0.1) is 11.3 Å². The van der Waals surface area contributed by atoms with Gasteiger partial charge in [0.25, 0.3) is 5.89 Å². The van der Waals surface area contributed by atoms with Crippen molar-refractivity contribution in [2.45, 2.75) is 26.5 Å². The molecule has 7 nitrogen and oxygen atoms in total. The number of ether oxygens (including phenoxy) is 1. The topological polar surface area (TPSA) is 104 Å². The third kappa shape index (κ3) is 5.71. The number of nitriles is 1. The predicted octanol–water partition coefficient (Wildman–Crippen LogP) is 4.22. The fraction of sp³-hybridized carbons (Fsp3) is 0.286. The van der Waals surface area contributed by atoms with Crippen molar-refractivity contribution in [1.29, 1.82) is 5.26 Å². The van der Waals surface area contributed by atoms with Gasteiger partial charge in [0.1, 0.15) is 11.8 Å². The van der Waals surface area contributed by atoms with Gasteiger partial charge in [0.15, 0.2) is 0 Å². The van der Waals surface area contributed by atoms with E-state index in [0.29, 0.717) is 46.4 Å². The number of hydrogen-bond acceptors (Lipinski definition) is 7. The van der Waals surface area contributed by atoms with Crippen LogP contribution in [0.4, 0.5) is 0 Å². The predicted molar refractivity (Wildman–Crippen MR) is 117 cm³/mol. The molecule has 0 spiro atoms. The Morgan fingerprint density at radius 1 is 1.27 bits per heavy atom. The highest BCUT2D eigenvalue weighted by Crippen LogP contribution is 2.30. The fourth-order valence-electron chi connectivity index (χ4n) is 2.72. The van der Waals surface area contributed by atoms with Crippen molar-refractivity contribution in [2.24, 2.45) is 0 Å². The van der Waals surface area contributed by atoms with Crippen molar-refractivity contribution in [1.82, 2.24) is 15.5 Å². The van der Waals surface area contributed by atoms with Gasteiger partial charge in [-0.3, -0.25) is 0 Å². The summed E-state index contributed by atoms with van der Waals surface area (Å²) in [5.41, 5.74) is 2.65. The summed E-state index contributed by atoms with van der Waals surface area (Å²) in [5, 5.41) is 25.8. The molecule has 0 radical (unpaired) electrons. The maximum Gasteiger partial charge on any atom is 0.258 e. The van der Waals surface area contributed by atoms with Crippen LogP contribution >= 0.6 is 24.0 Å². The number of benzene rings is 2. The molecule has 0 saturated heterocycles. The van der Waals surface area contributed by atoms with Gasteiger partial charge in [0, 0.05) is 24.2 Å². The second-order valence-electron chi connectivity index (χ2n) is 6.63. The molecule has 9 heteroatoms. The Labute approximate surface area is 186 Å². The number of aromatic nitrogens is 2. The molecular formula is C21H22Cl2N4O3. The lowest BCUT2D eigenvalue weighted by Crippen LogP contribution is -2.17. The minimum Gasteiger partial charge on any atom is -0.490 e. The molecule has 0 bridgehead atoms. The van der Waals surface area contributed by atoms with E-state index in [1.165, 1.54) is 0 Å². The van der Waals surface area contributed by atoms with Crippen molar-refractivity contribution in [3.05, 3.63) is 52.5 Å². The third-order valence-corrected chi connectivity index (χ3v) is 4.34. The summed E-state index contributed by atoms with van der Waals surface area (Å²) >= 11 is 6.39. The monoisotopic (exact) mass is 448 g/mol. The number of aliphatic hydroxyl groups is 1. The van der Waals surface area contributed by atoms with Crippen molar-refractivity contribution in [3.8, 4) is 34.7 Å². The Bertz CT molecular complexity index is 1030. The SMILES string of the molecule is CC(C)Oc1ccc(-c2nc(-c3ccc(CNCCO)cc3Cl)no2)cc1C#N.Cl. The molecule has 2 N–H and O–H groups in total. The highest BCUT2D eigenvalue weighted by atomic mass is 35.5. The van der Waals surface area contributed by atoms with E-state index >= 15 is 0 Å². The summed E-state index contributed by atoms with van der Waals surface area (Å²) in [5.74, 6) is 1.16. The average molecular weight is 449 g/mol. The number of aliphatic hydroxyl groups excluding tert-OH is 1. The normalized spacial score (nSPS) is 10.5. The molecule has 0 saturated carbocycles. The molecule has 1 heterocycles. The maximum absolute atomic E-state index is 9.39. The maximum atomic E-state index is 9.39. The summed E-state index contributed by atoms with van der Waals surface area (Å²) in [6, 6.07) is 12.8. The first-order valence-electron chi connectivity index (χ1n) is 9.17. The standard InChI is InChI=1S/C21H21ClN4O3.ClH/c1-13(2)28-19-6-4-15(10-16(19)11-23)21-25-20(26-29-21)17-5-3-14(9-18(17)22)12-24-7-8-27;/h3-6,9-10,13,24,27H,7-8,12H2,1-2H3;1H. The molecule has 0 unspecified atom stereocenters. The zero-order valence-corrected chi connectivity index (χ0v) is 18.1. The molecule has 3 aromatic rings. The van der Waals surface area contributed by atoms with Crippen molar-refractivity contribution in [2.75, 3.05) is 13.2 Å². The molecule has 1 aromatic heterocycles. The van der Waals surface area contributed by atoms with Crippen LogP contribution in [0.3, 0.4) is 0 Å². The zero-order valence-electron chi connectivity index (χ0n) is 16.6. The summed E-state index contributed by atoms with van der Waals surface area (Å²) < 4.78 is 11.0. The van der Waals surface area contributed by atoms with Gasteiger partial charge >= 0.3 is 0 Å². The molecular weight excluding hydrogens is 427 g/mol. The van der Waals surface area contributed by atoms with Crippen LogP contribution in [0.15, 0.2) is 40.9 Å². The molecule has 158 valence electrons. The van der Waals surface area contributed by atoms with Gasteiger partial charge in [-0.05, 0) is 49.7 Å². The molecule has 0 aliphatic rings. The van der Waals surface area contributed by atoms with Gasteiger partial charge in [0.2, 0.25) is 5.82 Å². The van der Waals surface area contributed by atoms with E-state index in [0.717, 1.165) is 5.56 Å². The van der Waals surface area contributed by atoms with Gasteiger partial charge in [-0.1, -0.05) is 22.8 Å². The minimum atomic E-state index is -0.0353. The Morgan fingerprint density at radius 3 is 2.73 bits per heavy atom. The molecule has 3 rings (SSSR count). The van der Waals surface area contributed by atoms with E-state index in [1.807, 2.05) is 32.0 Å². The number of nitrogens with one attached hydrogen (secondary N) is 1. The molecule has 30 heavy (non-hydrogen) atoms. The van der Waals surface area contributed by atoms with Crippen LogP contribution in [0.2, 0.25) is 5.02 Å². The highest BCUT2D eigenvalue weighted by Gasteiger charge is 2.16. The fourth-order valence-corrected chi connectivity index (χ4v) is 3.01. The molecule has 0 amide bonds. The van der Waals surface area contributed by atoms with Gasteiger partial charge in [0.05, 0.1) is 23.3 Å². The number of rotatable bonds is 8. The number of hydrogen-bond donors (Lipinski definition) is 2. The van der Waals surface area contributed by atoms with E-state index in [2.05, 4.69) is 21.5 Å². The van der Waals surface area contributed by atoms with Gasteiger partial charge in [-0.25, -0.2) is 0 Å². The highest BCUT2D eigenvalue weighted by molar-refractivity contribution is 6.33. The lowest BCUT2D eigenvalue weighted by atomic mass is 10.1. The summed E-state index contributed by atoms with van der Waals surface area (Å²) in [4.78, 5) is 4.42. The van der Waals surface area contributed by atoms with Crippen LogP contribution in [-0.2, 0) is 6.54 Å². The van der Waals surface area contributed by atoms with Crippen molar-refractivity contribution >= 4 is 24.0 Å². The smallest absolute Gasteiger partial charge is 0.258 e. The second-order valence-corrected chi connectivity index (χ2v) is 7.03. The molecule has 0 aliphatic carbocycles. The van der Waals surface area contributed by atoms with E-state index in [4.69, 9.17) is 26.0 Å². The second kappa shape index (κ2) is 11.0. The Balaban J connectivity index is 0.00000320. The third-order valence-electron chi connectivity index (χ3n) is 4.03. The van der Waals surface area contributed by atoms with E-state index in [9.17, 15) is 5.26 Å². The molecule has 0 aliphatic heterocycles. The Hall–Kier alpha value is -2.63. The van der Waals surface area contributed by atoms with Crippen molar-refractivity contribution in [3.63, 3.8) is 0 Å². The summed E-state index contributed by atoms with van der Waals surface area (Å²) in [6.07, 6.45) is -0.0353. The van der Waals surface area contributed by atoms with E-state index in [1.54, 1.807) is 18.2 Å². The van der Waals surface area contributed by atoms with Gasteiger partial charge < -0.3 is 19.7 Å². The lowest BCUT2D eigenvalue weighted by Gasteiger charge is -2.11.